The molecule has 0 saturated carbocycles. The average Bonchev–Trinajstić information content (AvgIpc) is 2.82. The molecule has 0 fully saturated rings. The molecule has 88 valence electrons. The molecule has 1 heterocycles. The van der Waals surface area contributed by atoms with Crippen LogP contribution in [-0.4, -0.2) is 19.9 Å². The SMILES string of the molecule is CN(C)c1cccc(C(=O)Cc2ccoc2)c1. The van der Waals surface area contributed by atoms with E-state index in [0.717, 1.165) is 16.8 Å². The summed E-state index contributed by atoms with van der Waals surface area (Å²) in [7, 11) is 3.92. The number of furan rings is 1. The monoisotopic (exact) mass is 229 g/mol. The zero-order chi connectivity index (χ0) is 12.3. The van der Waals surface area contributed by atoms with Gasteiger partial charge in [-0.05, 0) is 23.8 Å². The van der Waals surface area contributed by atoms with E-state index in [-0.39, 0.29) is 5.78 Å². The van der Waals surface area contributed by atoms with Gasteiger partial charge in [-0.15, -0.1) is 0 Å². The van der Waals surface area contributed by atoms with Crippen molar-refractivity contribution >= 4 is 11.5 Å². The van der Waals surface area contributed by atoms with Crippen LogP contribution in [-0.2, 0) is 6.42 Å². The Balaban J connectivity index is 2.16. The fourth-order valence-electron chi connectivity index (χ4n) is 1.64. The van der Waals surface area contributed by atoms with Crippen molar-refractivity contribution in [3.8, 4) is 0 Å². The van der Waals surface area contributed by atoms with E-state index in [1.165, 1.54) is 0 Å². The van der Waals surface area contributed by atoms with Crippen LogP contribution >= 0.6 is 0 Å². The van der Waals surface area contributed by atoms with Gasteiger partial charge in [-0.3, -0.25) is 4.79 Å². The molecule has 2 aromatic rings. The van der Waals surface area contributed by atoms with Gasteiger partial charge in [0.2, 0.25) is 0 Å². The molecular formula is C14H15NO2. The zero-order valence-corrected chi connectivity index (χ0v) is 10.0. The van der Waals surface area contributed by atoms with Crippen molar-refractivity contribution in [2.45, 2.75) is 6.42 Å². The second-order valence-corrected chi connectivity index (χ2v) is 4.18. The van der Waals surface area contributed by atoms with Gasteiger partial charge in [-0.2, -0.15) is 0 Å². The molecule has 3 heteroatoms. The first-order valence-electron chi connectivity index (χ1n) is 5.48. The predicted molar refractivity (Wildman–Crippen MR) is 67.5 cm³/mol. The van der Waals surface area contributed by atoms with Gasteiger partial charge >= 0.3 is 0 Å². The Kier molecular flexibility index (Phi) is 3.28. The topological polar surface area (TPSA) is 33.5 Å². The smallest absolute Gasteiger partial charge is 0.167 e. The molecule has 0 atom stereocenters. The Bertz CT molecular complexity index is 501. The Morgan fingerprint density at radius 2 is 2.12 bits per heavy atom. The summed E-state index contributed by atoms with van der Waals surface area (Å²) in [5, 5.41) is 0. The maximum absolute atomic E-state index is 12.0. The van der Waals surface area contributed by atoms with Crippen molar-refractivity contribution in [2.24, 2.45) is 0 Å². The summed E-state index contributed by atoms with van der Waals surface area (Å²) in [6, 6.07) is 9.44. The third-order valence-electron chi connectivity index (χ3n) is 2.63. The maximum Gasteiger partial charge on any atom is 0.167 e. The van der Waals surface area contributed by atoms with Crippen LogP contribution in [0.3, 0.4) is 0 Å². The summed E-state index contributed by atoms with van der Waals surface area (Å²) in [5.41, 5.74) is 2.67. The number of nitrogens with zero attached hydrogens (tertiary/aromatic N) is 1. The first-order chi connectivity index (χ1) is 8.16. The van der Waals surface area contributed by atoms with Crippen LogP contribution in [0.15, 0.2) is 47.3 Å². The normalized spacial score (nSPS) is 10.2. The van der Waals surface area contributed by atoms with E-state index in [1.807, 2.05) is 49.3 Å². The van der Waals surface area contributed by atoms with E-state index in [4.69, 9.17) is 4.42 Å². The van der Waals surface area contributed by atoms with E-state index in [2.05, 4.69) is 0 Å². The van der Waals surface area contributed by atoms with Gasteiger partial charge in [0.15, 0.2) is 5.78 Å². The summed E-state index contributed by atoms with van der Waals surface area (Å²) in [5.74, 6) is 0.107. The van der Waals surface area contributed by atoms with Gasteiger partial charge in [0.05, 0.1) is 12.5 Å². The second-order valence-electron chi connectivity index (χ2n) is 4.18. The third-order valence-corrected chi connectivity index (χ3v) is 2.63. The molecule has 0 spiro atoms. The lowest BCUT2D eigenvalue weighted by Gasteiger charge is -2.13. The third kappa shape index (κ3) is 2.75. The van der Waals surface area contributed by atoms with Gasteiger partial charge in [0.1, 0.15) is 0 Å². The summed E-state index contributed by atoms with van der Waals surface area (Å²) < 4.78 is 4.95. The van der Waals surface area contributed by atoms with Crippen LogP contribution in [0.2, 0.25) is 0 Å². The molecule has 0 radical (unpaired) electrons. The number of anilines is 1. The van der Waals surface area contributed by atoms with Crippen molar-refractivity contribution in [3.05, 3.63) is 54.0 Å². The number of Topliss-reactive ketones (excluding diaryl/α,β-unsaturated/α-hetero) is 1. The maximum atomic E-state index is 12.0. The molecule has 0 aliphatic rings. The van der Waals surface area contributed by atoms with Gasteiger partial charge < -0.3 is 9.32 Å². The van der Waals surface area contributed by atoms with Gasteiger partial charge in [0.25, 0.3) is 0 Å². The van der Waals surface area contributed by atoms with Gasteiger partial charge in [0, 0.05) is 31.8 Å². The van der Waals surface area contributed by atoms with E-state index in [0.29, 0.717) is 6.42 Å². The zero-order valence-electron chi connectivity index (χ0n) is 10.0. The van der Waals surface area contributed by atoms with Crippen LogP contribution in [0.25, 0.3) is 0 Å². The molecule has 1 aromatic carbocycles. The lowest BCUT2D eigenvalue weighted by Crippen LogP contribution is -2.10. The van der Waals surface area contributed by atoms with Crippen molar-refractivity contribution in [1.29, 1.82) is 0 Å². The minimum atomic E-state index is 0.107. The lowest BCUT2D eigenvalue weighted by atomic mass is 10.0. The van der Waals surface area contributed by atoms with E-state index < -0.39 is 0 Å². The quantitative estimate of drug-likeness (QED) is 0.756. The number of benzene rings is 1. The highest BCUT2D eigenvalue weighted by molar-refractivity contribution is 5.98. The highest BCUT2D eigenvalue weighted by Crippen LogP contribution is 2.15. The fraction of sp³-hybridized carbons (Fsp3) is 0.214. The second kappa shape index (κ2) is 4.87. The highest BCUT2D eigenvalue weighted by atomic mass is 16.3. The van der Waals surface area contributed by atoms with E-state index in [9.17, 15) is 4.79 Å². The number of rotatable bonds is 4. The van der Waals surface area contributed by atoms with Crippen LogP contribution in [0.4, 0.5) is 5.69 Å². The van der Waals surface area contributed by atoms with Gasteiger partial charge in [-0.1, -0.05) is 12.1 Å². The molecule has 3 nitrogen and oxygen atoms in total. The molecule has 0 aliphatic carbocycles. The van der Waals surface area contributed by atoms with E-state index >= 15 is 0 Å². The van der Waals surface area contributed by atoms with Crippen molar-refractivity contribution in [3.63, 3.8) is 0 Å². The molecule has 0 amide bonds. The van der Waals surface area contributed by atoms with Crippen LogP contribution < -0.4 is 4.90 Å². The summed E-state index contributed by atoms with van der Waals surface area (Å²) in [4.78, 5) is 14.0. The number of hydrogen-bond acceptors (Lipinski definition) is 3. The van der Waals surface area contributed by atoms with E-state index in [1.54, 1.807) is 12.5 Å². The molecule has 0 saturated heterocycles. The standard InChI is InChI=1S/C14H15NO2/c1-15(2)13-5-3-4-12(9-13)14(16)8-11-6-7-17-10-11/h3-7,9-10H,8H2,1-2H3. The summed E-state index contributed by atoms with van der Waals surface area (Å²) in [6.07, 6.45) is 3.57. The van der Waals surface area contributed by atoms with Crippen LogP contribution in [0.1, 0.15) is 15.9 Å². The molecule has 0 aliphatic heterocycles. The minimum absolute atomic E-state index is 0.107. The average molecular weight is 229 g/mol. The highest BCUT2D eigenvalue weighted by Gasteiger charge is 2.08. The molecule has 1 aromatic heterocycles. The largest absolute Gasteiger partial charge is 0.472 e. The number of ketones is 1. The first-order valence-corrected chi connectivity index (χ1v) is 5.48. The minimum Gasteiger partial charge on any atom is -0.472 e. The fourth-order valence-corrected chi connectivity index (χ4v) is 1.64. The van der Waals surface area contributed by atoms with Crippen molar-refractivity contribution in [2.75, 3.05) is 19.0 Å². The number of hydrogen-bond donors (Lipinski definition) is 0. The Morgan fingerprint density at radius 3 is 2.76 bits per heavy atom. The molecule has 0 bridgehead atoms. The summed E-state index contributed by atoms with van der Waals surface area (Å²) >= 11 is 0. The molecule has 0 N–H and O–H groups in total. The van der Waals surface area contributed by atoms with Crippen molar-refractivity contribution < 1.29 is 9.21 Å². The van der Waals surface area contributed by atoms with Gasteiger partial charge in [-0.25, -0.2) is 0 Å². The molecule has 2 rings (SSSR count). The molecule has 0 unspecified atom stereocenters. The lowest BCUT2D eigenvalue weighted by molar-refractivity contribution is 0.0993. The van der Waals surface area contributed by atoms with Crippen molar-refractivity contribution in [1.82, 2.24) is 0 Å². The van der Waals surface area contributed by atoms with Crippen LogP contribution in [0, 0.1) is 0 Å². The first kappa shape index (κ1) is 11.5. The molecular weight excluding hydrogens is 214 g/mol. The van der Waals surface area contributed by atoms with Crippen LogP contribution in [0.5, 0.6) is 0 Å². The molecule has 17 heavy (non-hydrogen) atoms. The Morgan fingerprint density at radius 1 is 1.29 bits per heavy atom. The Hall–Kier alpha value is -2.03. The Labute approximate surface area is 101 Å². The summed E-state index contributed by atoms with van der Waals surface area (Å²) in [6.45, 7) is 0. The number of carbonyl (C=O) groups excluding carboxylic acids is 1. The number of carbonyl (C=O) groups is 1. The predicted octanol–water partition coefficient (Wildman–Crippen LogP) is 2.77.